The van der Waals surface area contributed by atoms with Gasteiger partial charge in [0, 0.05) is 19.6 Å². The fourth-order valence-electron chi connectivity index (χ4n) is 4.40. The summed E-state index contributed by atoms with van der Waals surface area (Å²) >= 11 is 0. The first-order valence-corrected chi connectivity index (χ1v) is 10.7. The lowest BCUT2D eigenvalue weighted by Gasteiger charge is -2.22. The lowest BCUT2D eigenvalue weighted by atomic mass is 9.98. The van der Waals surface area contributed by atoms with Crippen molar-refractivity contribution < 1.29 is 33.7 Å². The Bertz CT molecular complexity index is 995. The second-order valence-electron chi connectivity index (χ2n) is 8.01. The van der Waals surface area contributed by atoms with Crippen LogP contribution >= 0.6 is 0 Å². The van der Waals surface area contributed by atoms with Crippen LogP contribution in [0.5, 0.6) is 0 Å². The van der Waals surface area contributed by atoms with E-state index in [0.29, 0.717) is 6.42 Å². The molecule has 33 heavy (non-hydrogen) atoms. The first-order chi connectivity index (χ1) is 16.0. The molecule has 1 aliphatic heterocycles. The van der Waals surface area contributed by atoms with Gasteiger partial charge >= 0.3 is 12.1 Å². The van der Waals surface area contributed by atoms with Gasteiger partial charge < -0.3 is 30.0 Å². The van der Waals surface area contributed by atoms with Gasteiger partial charge in [-0.25, -0.2) is 9.59 Å². The standard InChI is InChI=1S/C24H26N2O7/c1-31-13-20(22(27)25-19-10-11-32-21(19)23(28)29)26-24(30)33-12-18-16-8-4-2-6-14(16)15-7-3-5-9-17(15)18/h2-9,18-21H,10-13H2,1H3,(H,25,27)(H,26,30)(H,28,29)/t19-,20?,21+/m1/s1. The van der Waals surface area contributed by atoms with E-state index < -0.39 is 36.2 Å². The number of benzene rings is 2. The van der Waals surface area contributed by atoms with Crippen LogP contribution in [0.15, 0.2) is 48.5 Å². The number of fused-ring (bicyclic) bond motifs is 3. The van der Waals surface area contributed by atoms with Crippen molar-refractivity contribution in [3.8, 4) is 11.1 Å². The topological polar surface area (TPSA) is 123 Å². The summed E-state index contributed by atoms with van der Waals surface area (Å²) in [6, 6.07) is 14.3. The molecule has 0 radical (unpaired) electrons. The summed E-state index contributed by atoms with van der Waals surface area (Å²) in [5.41, 5.74) is 4.40. The predicted molar refractivity (Wildman–Crippen MR) is 118 cm³/mol. The number of ether oxygens (including phenoxy) is 3. The fourth-order valence-corrected chi connectivity index (χ4v) is 4.40. The van der Waals surface area contributed by atoms with Crippen molar-refractivity contribution in [1.29, 1.82) is 0 Å². The number of aliphatic carboxylic acids is 1. The molecule has 2 aromatic carbocycles. The van der Waals surface area contributed by atoms with Crippen LogP contribution in [-0.4, -0.2) is 68.2 Å². The summed E-state index contributed by atoms with van der Waals surface area (Å²) in [6.07, 6.45) is -1.51. The van der Waals surface area contributed by atoms with Gasteiger partial charge in [0.25, 0.3) is 0 Å². The molecule has 2 aromatic rings. The van der Waals surface area contributed by atoms with E-state index in [1.807, 2.05) is 48.5 Å². The first-order valence-electron chi connectivity index (χ1n) is 10.7. The zero-order valence-corrected chi connectivity index (χ0v) is 18.2. The summed E-state index contributed by atoms with van der Waals surface area (Å²) in [5, 5.41) is 14.4. The van der Waals surface area contributed by atoms with Crippen LogP contribution in [0.3, 0.4) is 0 Å². The van der Waals surface area contributed by atoms with Gasteiger partial charge in [0.1, 0.15) is 12.6 Å². The molecule has 174 valence electrons. The highest BCUT2D eigenvalue weighted by Gasteiger charge is 2.37. The summed E-state index contributed by atoms with van der Waals surface area (Å²) in [5.74, 6) is -1.82. The maximum atomic E-state index is 12.7. The van der Waals surface area contributed by atoms with E-state index in [-0.39, 0.29) is 25.7 Å². The number of carboxylic acid groups (broad SMARTS) is 1. The van der Waals surface area contributed by atoms with Crippen LogP contribution in [0.1, 0.15) is 23.5 Å². The van der Waals surface area contributed by atoms with Gasteiger partial charge in [-0.2, -0.15) is 0 Å². The molecule has 3 atom stereocenters. The number of carbonyl (C=O) groups is 3. The van der Waals surface area contributed by atoms with Crippen LogP contribution < -0.4 is 10.6 Å². The van der Waals surface area contributed by atoms with Crippen LogP contribution in [0.2, 0.25) is 0 Å². The third-order valence-electron chi connectivity index (χ3n) is 5.95. The minimum Gasteiger partial charge on any atom is -0.479 e. The van der Waals surface area contributed by atoms with Gasteiger partial charge in [0.15, 0.2) is 6.10 Å². The summed E-state index contributed by atoms with van der Waals surface area (Å²) in [6.45, 7) is 0.247. The van der Waals surface area contributed by atoms with E-state index in [4.69, 9.17) is 14.2 Å². The van der Waals surface area contributed by atoms with E-state index in [9.17, 15) is 19.5 Å². The van der Waals surface area contributed by atoms with Gasteiger partial charge in [-0.3, -0.25) is 4.79 Å². The number of amides is 2. The van der Waals surface area contributed by atoms with Crippen LogP contribution in [-0.2, 0) is 23.8 Å². The highest BCUT2D eigenvalue weighted by molar-refractivity contribution is 5.87. The lowest BCUT2D eigenvalue weighted by molar-refractivity contribution is -0.148. The largest absolute Gasteiger partial charge is 0.479 e. The van der Waals surface area contributed by atoms with Crippen molar-refractivity contribution in [3.63, 3.8) is 0 Å². The SMILES string of the molecule is COCC(NC(=O)OCC1c2ccccc2-c2ccccc21)C(=O)N[C@@H]1CCO[C@@H]1C(=O)O. The molecule has 0 aromatic heterocycles. The van der Waals surface area contributed by atoms with Crippen molar-refractivity contribution >= 4 is 18.0 Å². The van der Waals surface area contributed by atoms with Crippen LogP contribution in [0.25, 0.3) is 11.1 Å². The minimum absolute atomic E-state index is 0.0959. The van der Waals surface area contributed by atoms with Crippen molar-refractivity contribution in [2.45, 2.75) is 30.5 Å². The molecule has 2 aliphatic rings. The summed E-state index contributed by atoms with van der Waals surface area (Å²) in [4.78, 5) is 36.5. The van der Waals surface area contributed by atoms with Crippen molar-refractivity contribution in [1.82, 2.24) is 10.6 Å². The number of carboxylic acids is 1. The normalized spacial score (nSPS) is 19.9. The highest BCUT2D eigenvalue weighted by Crippen LogP contribution is 2.44. The molecule has 0 saturated carbocycles. The molecule has 1 aliphatic carbocycles. The number of hydrogen-bond donors (Lipinski definition) is 3. The molecular formula is C24H26N2O7. The number of carbonyl (C=O) groups excluding carboxylic acids is 2. The maximum absolute atomic E-state index is 12.7. The van der Waals surface area contributed by atoms with Gasteiger partial charge in [-0.1, -0.05) is 48.5 Å². The van der Waals surface area contributed by atoms with Crippen LogP contribution in [0, 0.1) is 0 Å². The number of methoxy groups -OCH3 is 1. The molecule has 9 nitrogen and oxygen atoms in total. The quantitative estimate of drug-likeness (QED) is 0.557. The first kappa shape index (κ1) is 22.8. The Morgan fingerprint density at radius 1 is 1.09 bits per heavy atom. The molecule has 9 heteroatoms. The molecule has 1 unspecified atom stereocenters. The van der Waals surface area contributed by atoms with Gasteiger partial charge in [0.2, 0.25) is 5.91 Å². The minimum atomic E-state index is -1.15. The third kappa shape index (κ3) is 4.84. The van der Waals surface area contributed by atoms with Gasteiger partial charge in [-0.15, -0.1) is 0 Å². The Balaban J connectivity index is 1.38. The van der Waals surface area contributed by atoms with Gasteiger partial charge in [-0.05, 0) is 28.7 Å². The molecular weight excluding hydrogens is 428 g/mol. The van der Waals surface area contributed by atoms with E-state index >= 15 is 0 Å². The number of hydrogen-bond acceptors (Lipinski definition) is 6. The van der Waals surface area contributed by atoms with Crippen molar-refractivity contribution in [2.24, 2.45) is 0 Å². The highest BCUT2D eigenvalue weighted by atomic mass is 16.5. The van der Waals surface area contributed by atoms with Crippen molar-refractivity contribution in [3.05, 3.63) is 59.7 Å². The summed E-state index contributed by atoms with van der Waals surface area (Å²) < 4.78 is 15.7. The van der Waals surface area contributed by atoms with E-state index in [0.717, 1.165) is 22.3 Å². The Labute approximate surface area is 191 Å². The number of nitrogens with one attached hydrogen (secondary N) is 2. The Morgan fingerprint density at radius 3 is 2.33 bits per heavy atom. The van der Waals surface area contributed by atoms with E-state index in [1.54, 1.807) is 0 Å². The summed E-state index contributed by atoms with van der Waals surface area (Å²) in [7, 11) is 1.40. The molecule has 1 heterocycles. The third-order valence-corrected chi connectivity index (χ3v) is 5.95. The average molecular weight is 454 g/mol. The molecule has 0 spiro atoms. The predicted octanol–water partition coefficient (Wildman–Crippen LogP) is 1.90. The monoisotopic (exact) mass is 454 g/mol. The maximum Gasteiger partial charge on any atom is 0.407 e. The number of rotatable bonds is 8. The molecule has 2 amide bonds. The molecule has 4 rings (SSSR count). The van der Waals surface area contributed by atoms with Gasteiger partial charge in [0.05, 0.1) is 12.6 Å². The number of alkyl carbamates (subject to hydrolysis) is 1. The fraction of sp³-hybridized carbons (Fsp3) is 0.375. The lowest BCUT2D eigenvalue weighted by Crippen LogP contribution is -2.54. The molecule has 0 bridgehead atoms. The van der Waals surface area contributed by atoms with E-state index in [2.05, 4.69) is 10.6 Å². The second kappa shape index (κ2) is 10.0. The zero-order valence-electron chi connectivity index (χ0n) is 18.2. The van der Waals surface area contributed by atoms with Crippen molar-refractivity contribution in [2.75, 3.05) is 26.9 Å². The molecule has 3 N–H and O–H groups in total. The zero-order chi connectivity index (χ0) is 23.4. The second-order valence-corrected chi connectivity index (χ2v) is 8.01. The Hall–Kier alpha value is -3.43. The van der Waals surface area contributed by atoms with E-state index in [1.165, 1.54) is 7.11 Å². The molecule has 1 saturated heterocycles. The average Bonchev–Trinajstić information content (AvgIpc) is 3.40. The Morgan fingerprint density at radius 2 is 1.73 bits per heavy atom. The molecule has 1 fully saturated rings. The Kier molecular flexibility index (Phi) is 6.90. The smallest absolute Gasteiger partial charge is 0.407 e. The van der Waals surface area contributed by atoms with Crippen LogP contribution in [0.4, 0.5) is 4.79 Å².